The second kappa shape index (κ2) is 8.92. The third-order valence-corrected chi connectivity index (χ3v) is 4.52. The molecule has 27 heavy (non-hydrogen) atoms. The van der Waals surface area contributed by atoms with E-state index in [2.05, 4.69) is 25.7 Å². The highest BCUT2D eigenvalue weighted by molar-refractivity contribution is 7.71. The molecule has 0 bridgehead atoms. The summed E-state index contributed by atoms with van der Waals surface area (Å²) < 4.78 is 7.69. The summed E-state index contributed by atoms with van der Waals surface area (Å²) in [6, 6.07) is 7.15. The monoisotopic (exact) mass is 406 g/mol. The molecule has 3 aromatic rings. The maximum absolute atomic E-state index is 12.0. The average molecular weight is 407 g/mol. The standard InChI is InChI=1S/C17H19ClN6O2S/c1-2-24-13(21-22-17(24)27)9-10-19-14(25)7-8-15-20-16(23-26-15)11-3-5-12(18)6-4-11/h3-6H,2,7-10H2,1H3,(H,19,25)(H,22,27). The van der Waals surface area contributed by atoms with Crippen molar-refractivity contribution in [2.24, 2.45) is 0 Å². The number of amides is 1. The van der Waals surface area contributed by atoms with E-state index in [1.54, 1.807) is 12.1 Å². The molecule has 1 amide bonds. The Morgan fingerprint density at radius 2 is 2.11 bits per heavy atom. The lowest BCUT2D eigenvalue weighted by Crippen LogP contribution is -2.26. The number of carbonyl (C=O) groups excluding carboxylic acids is 1. The molecule has 2 aromatic heterocycles. The van der Waals surface area contributed by atoms with Crippen molar-refractivity contribution in [1.82, 2.24) is 30.2 Å². The Kier molecular flexibility index (Phi) is 6.36. The molecular formula is C17H19ClN6O2S. The van der Waals surface area contributed by atoms with Gasteiger partial charge >= 0.3 is 0 Å². The first-order valence-electron chi connectivity index (χ1n) is 8.56. The smallest absolute Gasteiger partial charge is 0.227 e. The molecule has 8 nitrogen and oxygen atoms in total. The van der Waals surface area contributed by atoms with Crippen LogP contribution in [0.15, 0.2) is 28.8 Å². The molecule has 0 saturated carbocycles. The minimum absolute atomic E-state index is 0.0848. The zero-order valence-corrected chi connectivity index (χ0v) is 16.3. The number of rotatable bonds is 8. The number of nitrogens with zero attached hydrogens (tertiary/aromatic N) is 4. The molecule has 10 heteroatoms. The van der Waals surface area contributed by atoms with Crippen LogP contribution in [0.5, 0.6) is 0 Å². The summed E-state index contributed by atoms with van der Waals surface area (Å²) in [5, 5.41) is 14.4. The maximum Gasteiger partial charge on any atom is 0.227 e. The van der Waals surface area contributed by atoms with E-state index in [4.69, 9.17) is 28.3 Å². The predicted molar refractivity (Wildman–Crippen MR) is 103 cm³/mol. The van der Waals surface area contributed by atoms with Gasteiger partial charge in [-0.05, 0) is 43.4 Å². The molecule has 1 aromatic carbocycles. The maximum atomic E-state index is 12.0. The predicted octanol–water partition coefficient (Wildman–Crippen LogP) is 2.96. The van der Waals surface area contributed by atoms with E-state index in [0.717, 1.165) is 17.9 Å². The van der Waals surface area contributed by atoms with Crippen molar-refractivity contribution in [3.8, 4) is 11.4 Å². The van der Waals surface area contributed by atoms with E-state index in [9.17, 15) is 4.79 Å². The molecule has 0 atom stereocenters. The number of aryl methyl sites for hydroxylation is 1. The summed E-state index contributed by atoms with van der Waals surface area (Å²) in [5.74, 6) is 1.64. The molecule has 2 heterocycles. The van der Waals surface area contributed by atoms with Crippen LogP contribution in [0.3, 0.4) is 0 Å². The van der Waals surface area contributed by atoms with Crippen molar-refractivity contribution in [1.29, 1.82) is 0 Å². The number of aromatic nitrogens is 5. The number of halogens is 1. The number of benzene rings is 1. The Bertz CT molecular complexity index is 962. The van der Waals surface area contributed by atoms with E-state index in [1.165, 1.54) is 0 Å². The fourth-order valence-electron chi connectivity index (χ4n) is 2.56. The van der Waals surface area contributed by atoms with Gasteiger partial charge in [-0.3, -0.25) is 9.89 Å². The molecular weight excluding hydrogens is 388 g/mol. The third kappa shape index (κ3) is 5.01. The van der Waals surface area contributed by atoms with Crippen molar-refractivity contribution < 1.29 is 9.32 Å². The number of carbonyl (C=O) groups is 1. The summed E-state index contributed by atoms with van der Waals surface area (Å²) in [6.45, 7) is 3.22. The summed E-state index contributed by atoms with van der Waals surface area (Å²) in [6.07, 6.45) is 1.25. The van der Waals surface area contributed by atoms with Crippen LogP contribution in [0.1, 0.15) is 25.1 Å². The third-order valence-electron chi connectivity index (χ3n) is 3.96. The molecule has 142 valence electrons. The molecule has 0 aliphatic heterocycles. The highest BCUT2D eigenvalue weighted by Crippen LogP contribution is 2.18. The van der Waals surface area contributed by atoms with E-state index in [1.807, 2.05) is 23.6 Å². The molecule has 0 aliphatic rings. The zero-order valence-electron chi connectivity index (χ0n) is 14.7. The molecule has 0 aliphatic carbocycles. The van der Waals surface area contributed by atoms with Crippen LogP contribution in [0.4, 0.5) is 0 Å². The van der Waals surface area contributed by atoms with E-state index < -0.39 is 0 Å². The second-order valence-electron chi connectivity index (χ2n) is 5.81. The Balaban J connectivity index is 1.45. The average Bonchev–Trinajstić information content (AvgIpc) is 3.27. The zero-order chi connectivity index (χ0) is 19.2. The normalized spacial score (nSPS) is 10.9. The molecule has 0 spiro atoms. The molecule has 3 rings (SSSR count). The van der Waals surface area contributed by atoms with Crippen LogP contribution in [0, 0.1) is 4.77 Å². The Morgan fingerprint density at radius 1 is 1.33 bits per heavy atom. The summed E-state index contributed by atoms with van der Waals surface area (Å²) in [7, 11) is 0. The first kappa shape index (κ1) is 19.2. The van der Waals surface area contributed by atoms with Crippen LogP contribution in [0.2, 0.25) is 5.02 Å². The largest absolute Gasteiger partial charge is 0.356 e. The Labute approximate surface area is 165 Å². The van der Waals surface area contributed by atoms with E-state index in [0.29, 0.717) is 40.9 Å². The Morgan fingerprint density at radius 3 is 2.85 bits per heavy atom. The van der Waals surface area contributed by atoms with Gasteiger partial charge < -0.3 is 14.4 Å². The van der Waals surface area contributed by atoms with Gasteiger partial charge in [-0.1, -0.05) is 16.8 Å². The van der Waals surface area contributed by atoms with Gasteiger partial charge in [0.15, 0.2) is 4.77 Å². The van der Waals surface area contributed by atoms with Crippen LogP contribution < -0.4 is 5.32 Å². The van der Waals surface area contributed by atoms with E-state index >= 15 is 0 Å². The summed E-state index contributed by atoms with van der Waals surface area (Å²) in [5.41, 5.74) is 0.809. The van der Waals surface area contributed by atoms with Crippen molar-refractivity contribution >= 4 is 29.7 Å². The Hall–Kier alpha value is -2.52. The van der Waals surface area contributed by atoms with Gasteiger partial charge in [0.2, 0.25) is 17.6 Å². The van der Waals surface area contributed by atoms with Crippen LogP contribution in [-0.4, -0.2) is 37.4 Å². The topological polar surface area (TPSA) is 102 Å². The lowest BCUT2D eigenvalue weighted by molar-refractivity contribution is -0.121. The fourth-order valence-corrected chi connectivity index (χ4v) is 2.97. The summed E-state index contributed by atoms with van der Waals surface area (Å²) in [4.78, 5) is 16.3. The minimum Gasteiger partial charge on any atom is -0.356 e. The van der Waals surface area contributed by atoms with Gasteiger partial charge in [-0.25, -0.2) is 0 Å². The molecule has 2 N–H and O–H groups in total. The van der Waals surface area contributed by atoms with Crippen LogP contribution in [0.25, 0.3) is 11.4 Å². The number of hydrogen-bond acceptors (Lipinski definition) is 6. The number of nitrogens with one attached hydrogen (secondary N) is 2. The van der Waals surface area contributed by atoms with Gasteiger partial charge in [0.05, 0.1) is 0 Å². The fraction of sp³-hybridized carbons (Fsp3) is 0.353. The first-order valence-corrected chi connectivity index (χ1v) is 9.34. The van der Waals surface area contributed by atoms with Crippen molar-refractivity contribution in [2.45, 2.75) is 32.7 Å². The van der Waals surface area contributed by atoms with Gasteiger partial charge in [0.1, 0.15) is 5.82 Å². The van der Waals surface area contributed by atoms with Crippen molar-refractivity contribution in [2.75, 3.05) is 6.54 Å². The highest BCUT2D eigenvalue weighted by atomic mass is 35.5. The van der Waals surface area contributed by atoms with Gasteiger partial charge in [-0.15, -0.1) is 0 Å². The first-order chi connectivity index (χ1) is 13.1. The van der Waals surface area contributed by atoms with Crippen LogP contribution >= 0.6 is 23.8 Å². The SMILES string of the molecule is CCn1c(CCNC(=O)CCc2nc(-c3ccc(Cl)cc3)no2)n[nH]c1=S. The second-order valence-corrected chi connectivity index (χ2v) is 6.63. The van der Waals surface area contributed by atoms with Gasteiger partial charge in [0, 0.05) is 42.9 Å². The molecule has 0 radical (unpaired) electrons. The van der Waals surface area contributed by atoms with Crippen LogP contribution in [-0.2, 0) is 24.2 Å². The molecule has 0 unspecified atom stereocenters. The quantitative estimate of drug-likeness (QED) is 0.557. The highest BCUT2D eigenvalue weighted by Gasteiger charge is 2.11. The number of H-pyrrole nitrogens is 1. The van der Waals surface area contributed by atoms with Crippen molar-refractivity contribution in [3.63, 3.8) is 0 Å². The van der Waals surface area contributed by atoms with Crippen molar-refractivity contribution in [3.05, 3.63) is 45.8 Å². The van der Waals surface area contributed by atoms with Gasteiger partial charge in [0.25, 0.3) is 0 Å². The van der Waals surface area contributed by atoms with E-state index in [-0.39, 0.29) is 12.3 Å². The molecule has 0 fully saturated rings. The van der Waals surface area contributed by atoms with Gasteiger partial charge in [-0.2, -0.15) is 10.1 Å². The minimum atomic E-state index is -0.0848. The molecule has 0 saturated heterocycles. The lowest BCUT2D eigenvalue weighted by Gasteiger charge is -2.05. The number of aromatic amines is 1. The number of hydrogen-bond donors (Lipinski definition) is 2. The lowest BCUT2D eigenvalue weighted by atomic mass is 10.2. The summed E-state index contributed by atoms with van der Waals surface area (Å²) >= 11 is 11.0.